The molecular weight excluding hydrogens is 302 g/mol. The molecule has 1 heterocycles. The first-order valence-corrected chi connectivity index (χ1v) is 8.03. The Kier molecular flexibility index (Phi) is 5.03. The third-order valence-corrected chi connectivity index (χ3v) is 3.75. The number of benzene rings is 1. The Balaban J connectivity index is 2.42. The standard InChI is InChI=1S/C17H24ClNO3/c1-6-21-15-11(2)9-12-10-13(18)7-8-14(12)19(15)16(20)22-17(3,4)5/h7-8,10-11,15H,6,9H2,1-5H3. The summed E-state index contributed by atoms with van der Waals surface area (Å²) < 4.78 is 11.4. The minimum Gasteiger partial charge on any atom is -0.443 e. The van der Waals surface area contributed by atoms with Crippen LogP contribution in [0.4, 0.5) is 10.5 Å². The van der Waals surface area contributed by atoms with Crippen molar-refractivity contribution < 1.29 is 14.3 Å². The van der Waals surface area contributed by atoms with Crippen LogP contribution in [0.1, 0.15) is 40.2 Å². The van der Waals surface area contributed by atoms with E-state index in [1.807, 2.05) is 39.8 Å². The molecule has 122 valence electrons. The SMILES string of the molecule is CCOC1C(C)Cc2cc(Cl)ccc2N1C(=O)OC(C)(C)C. The summed E-state index contributed by atoms with van der Waals surface area (Å²) in [7, 11) is 0. The molecule has 1 amide bonds. The van der Waals surface area contributed by atoms with E-state index in [0.29, 0.717) is 11.6 Å². The molecule has 0 saturated heterocycles. The summed E-state index contributed by atoms with van der Waals surface area (Å²) in [6.45, 7) is 10.1. The van der Waals surface area contributed by atoms with Crippen molar-refractivity contribution in [3.63, 3.8) is 0 Å². The van der Waals surface area contributed by atoms with Crippen LogP contribution in [-0.4, -0.2) is 24.5 Å². The number of carbonyl (C=O) groups is 1. The van der Waals surface area contributed by atoms with Crippen LogP contribution in [0.25, 0.3) is 0 Å². The lowest BCUT2D eigenvalue weighted by Gasteiger charge is -2.41. The van der Waals surface area contributed by atoms with Crippen LogP contribution in [0.15, 0.2) is 18.2 Å². The van der Waals surface area contributed by atoms with E-state index >= 15 is 0 Å². The van der Waals surface area contributed by atoms with Crippen molar-refractivity contribution in [1.29, 1.82) is 0 Å². The first kappa shape index (κ1) is 17.1. The molecule has 2 atom stereocenters. The number of ether oxygens (including phenoxy) is 2. The number of anilines is 1. The molecule has 0 saturated carbocycles. The van der Waals surface area contributed by atoms with Gasteiger partial charge in [0, 0.05) is 17.5 Å². The number of halogens is 1. The van der Waals surface area contributed by atoms with Crippen molar-refractivity contribution in [2.45, 2.75) is 52.9 Å². The molecule has 4 nitrogen and oxygen atoms in total. The average molecular weight is 326 g/mol. The second-order valence-corrected chi connectivity index (χ2v) is 7.09. The molecule has 0 bridgehead atoms. The minimum absolute atomic E-state index is 0.165. The van der Waals surface area contributed by atoms with Gasteiger partial charge >= 0.3 is 6.09 Å². The molecule has 5 heteroatoms. The fraction of sp³-hybridized carbons (Fsp3) is 0.588. The molecule has 1 aromatic carbocycles. The van der Waals surface area contributed by atoms with Crippen molar-refractivity contribution in [2.75, 3.05) is 11.5 Å². The van der Waals surface area contributed by atoms with Crippen molar-refractivity contribution >= 4 is 23.4 Å². The normalized spacial score (nSPS) is 21.5. The van der Waals surface area contributed by atoms with Crippen LogP contribution in [-0.2, 0) is 15.9 Å². The Hall–Kier alpha value is -1.26. The lowest BCUT2D eigenvalue weighted by molar-refractivity contribution is 0.00330. The van der Waals surface area contributed by atoms with E-state index < -0.39 is 5.60 Å². The zero-order valence-electron chi connectivity index (χ0n) is 13.9. The van der Waals surface area contributed by atoms with Gasteiger partial charge in [-0.05, 0) is 57.9 Å². The maximum atomic E-state index is 12.7. The molecule has 22 heavy (non-hydrogen) atoms. The molecule has 1 aliphatic heterocycles. The highest BCUT2D eigenvalue weighted by molar-refractivity contribution is 6.30. The van der Waals surface area contributed by atoms with Gasteiger partial charge < -0.3 is 9.47 Å². The van der Waals surface area contributed by atoms with E-state index in [9.17, 15) is 4.79 Å². The van der Waals surface area contributed by atoms with E-state index in [1.165, 1.54) is 0 Å². The van der Waals surface area contributed by atoms with Crippen LogP contribution in [0.3, 0.4) is 0 Å². The Morgan fingerprint density at radius 3 is 2.68 bits per heavy atom. The zero-order chi connectivity index (χ0) is 16.5. The molecule has 2 unspecified atom stereocenters. The first-order chi connectivity index (χ1) is 10.2. The minimum atomic E-state index is -0.554. The quantitative estimate of drug-likeness (QED) is 0.795. The van der Waals surface area contributed by atoms with Gasteiger partial charge in [-0.3, -0.25) is 4.90 Å². The van der Waals surface area contributed by atoms with Gasteiger partial charge in [-0.15, -0.1) is 0 Å². The molecular formula is C17H24ClNO3. The second-order valence-electron chi connectivity index (χ2n) is 6.65. The van der Waals surface area contributed by atoms with Crippen LogP contribution >= 0.6 is 11.6 Å². The number of carbonyl (C=O) groups excluding carboxylic acids is 1. The maximum absolute atomic E-state index is 12.7. The van der Waals surface area contributed by atoms with Crippen molar-refractivity contribution in [2.24, 2.45) is 5.92 Å². The van der Waals surface area contributed by atoms with Crippen LogP contribution < -0.4 is 4.90 Å². The third-order valence-electron chi connectivity index (χ3n) is 3.51. The van der Waals surface area contributed by atoms with Gasteiger partial charge in [0.05, 0.1) is 5.69 Å². The number of hydrogen-bond donors (Lipinski definition) is 0. The monoisotopic (exact) mass is 325 g/mol. The molecule has 0 aliphatic carbocycles. The number of nitrogens with zero attached hydrogens (tertiary/aromatic N) is 1. The average Bonchev–Trinajstić information content (AvgIpc) is 2.37. The molecule has 0 fully saturated rings. The molecule has 0 N–H and O–H groups in total. The Morgan fingerprint density at radius 1 is 1.41 bits per heavy atom. The predicted molar refractivity (Wildman–Crippen MR) is 88.4 cm³/mol. The number of fused-ring (bicyclic) bond motifs is 1. The van der Waals surface area contributed by atoms with Gasteiger partial charge in [-0.2, -0.15) is 0 Å². The topological polar surface area (TPSA) is 38.8 Å². The summed E-state index contributed by atoms with van der Waals surface area (Å²) in [5.41, 5.74) is 1.30. The lowest BCUT2D eigenvalue weighted by atomic mass is 9.92. The number of amides is 1. The second kappa shape index (κ2) is 6.47. The van der Waals surface area contributed by atoms with Gasteiger partial charge in [-0.1, -0.05) is 18.5 Å². The van der Waals surface area contributed by atoms with Crippen LogP contribution in [0.5, 0.6) is 0 Å². The smallest absolute Gasteiger partial charge is 0.416 e. The van der Waals surface area contributed by atoms with Crippen LogP contribution in [0.2, 0.25) is 5.02 Å². The lowest BCUT2D eigenvalue weighted by Crippen LogP contribution is -2.51. The summed E-state index contributed by atoms with van der Waals surface area (Å²) in [5, 5.41) is 0.671. The molecule has 0 aromatic heterocycles. The Labute approximate surface area is 137 Å². The highest BCUT2D eigenvalue weighted by Gasteiger charge is 2.38. The molecule has 2 rings (SSSR count). The molecule has 1 aliphatic rings. The van der Waals surface area contributed by atoms with Gasteiger partial charge in [0.25, 0.3) is 0 Å². The summed E-state index contributed by atoms with van der Waals surface area (Å²) in [5.74, 6) is 0.165. The Morgan fingerprint density at radius 2 is 2.09 bits per heavy atom. The summed E-state index contributed by atoms with van der Waals surface area (Å²) in [6, 6.07) is 5.56. The van der Waals surface area contributed by atoms with E-state index in [2.05, 4.69) is 6.92 Å². The molecule has 0 radical (unpaired) electrons. The number of rotatable bonds is 2. The van der Waals surface area contributed by atoms with Crippen molar-refractivity contribution in [1.82, 2.24) is 0 Å². The molecule has 0 spiro atoms. The maximum Gasteiger partial charge on any atom is 0.416 e. The van der Waals surface area contributed by atoms with Gasteiger partial charge in [0.15, 0.2) is 0 Å². The van der Waals surface area contributed by atoms with E-state index in [0.717, 1.165) is 17.7 Å². The van der Waals surface area contributed by atoms with Crippen molar-refractivity contribution in [3.8, 4) is 0 Å². The van der Waals surface area contributed by atoms with E-state index in [4.69, 9.17) is 21.1 Å². The Bertz CT molecular complexity index is 553. The fourth-order valence-electron chi connectivity index (χ4n) is 2.71. The van der Waals surface area contributed by atoms with Gasteiger partial charge in [-0.25, -0.2) is 4.79 Å². The van der Waals surface area contributed by atoms with Gasteiger partial charge in [0.1, 0.15) is 11.8 Å². The zero-order valence-corrected chi connectivity index (χ0v) is 14.6. The highest BCUT2D eigenvalue weighted by Crippen LogP contribution is 2.36. The number of hydrogen-bond acceptors (Lipinski definition) is 3. The van der Waals surface area contributed by atoms with Crippen molar-refractivity contribution in [3.05, 3.63) is 28.8 Å². The van der Waals surface area contributed by atoms with E-state index in [1.54, 1.807) is 11.0 Å². The summed E-state index contributed by atoms with van der Waals surface area (Å²) >= 11 is 6.09. The summed E-state index contributed by atoms with van der Waals surface area (Å²) in [4.78, 5) is 14.3. The predicted octanol–water partition coefficient (Wildman–Crippen LogP) is 4.64. The fourth-order valence-corrected chi connectivity index (χ4v) is 2.91. The van der Waals surface area contributed by atoms with Gasteiger partial charge in [0.2, 0.25) is 0 Å². The largest absolute Gasteiger partial charge is 0.443 e. The molecule has 1 aromatic rings. The van der Waals surface area contributed by atoms with E-state index in [-0.39, 0.29) is 18.2 Å². The third kappa shape index (κ3) is 3.73. The first-order valence-electron chi connectivity index (χ1n) is 7.65. The van der Waals surface area contributed by atoms with Crippen LogP contribution in [0, 0.1) is 5.92 Å². The summed E-state index contributed by atoms with van der Waals surface area (Å²) in [6.07, 6.45) is 0.106. The highest BCUT2D eigenvalue weighted by atomic mass is 35.5.